The summed E-state index contributed by atoms with van der Waals surface area (Å²) in [4.78, 5) is 8.71. The summed E-state index contributed by atoms with van der Waals surface area (Å²) in [6.07, 6.45) is 10.5. The number of nitrogens with one attached hydrogen (secondary N) is 1. The fourth-order valence-electron chi connectivity index (χ4n) is 2.29. The van der Waals surface area contributed by atoms with Gasteiger partial charge in [-0.15, -0.1) is 0 Å². The average Bonchev–Trinajstić information content (AvgIpc) is 2.35. The number of hydrogen-bond donors (Lipinski definition) is 2. The Bertz CT molecular complexity index is 328. The van der Waals surface area contributed by atoms with Crippen LogP contribution >= 0.6 is 0 Å². The van der Waals surface area contributed by atoms with Crippen molar-refractivity contribution in [3.05, 3.63) is 18.0 Å². The smallest absolute Gasteiger partial charge is 0.222 e. The number of nitrogens with zero attached hydrogens (tertiary/aromatic N) is 2. The van der Waals surface area contributed by atoms with Crippen LogP contribution in [-0.2, 0) is 6.42 Å². The molecule has 1 fully saturated rings. The Kier molecular flexibility index (Phi) is 4.31. The van der Waals surface area contributed by atoms with Crippen LogP contribution in [0.4, 0.5) is 5.95 Å². The largest absolute Gasteiger partial charge is 0.351 e. The van der Waals surface area contributed by atoms with E-state index in [0.717, 1.165) is 44.5 Å². The quantitative estimate of drug-likeness (QED) is 0.837. The first-order valence-electron chi connectivity index (χ1n) is 6.61. The Labute approximate surface area is 103 Å². The minimum atomic E-state index is 0.390. The molecule has 0 bridgehead atoms. The molecule has 17 heavy (non-hydrogen) atoms. The highest BCUT2D eigenvalue weighted by molar-refractivity contribution is 5.26. The van der Waals surface area contributed by atoms with Gasteiger partial charge >= 0.3 is 0 Å². The molecule has 1 aromatic rings. The minimum Gasteiger partial charge on any atom is -0.351 e. The molecule has 94 valence electrons. The first kappa shape index (κ1) is 12.3. The van der Waals surface area contributed by atoms with Crippen molar-refractivity contribution in [3.8, 4) is 0 Å². The van der Waals surface area contributed by atoms with Gasteiger partial charge in [0, 0.05) is 24.5 Å². The molecule has 1 aliphatic carbocycles. The summed E-state index contributed by atoms with van der Waals surface area (Å²) in [7, 11) is 0. The van der Waals surface area contributed by atoms with Crippen LogP contribution in [0.3, 0.4) is 0 Å². The van der Waals surface area contributed by atoms with Crippen LogP contribution in [-0.4, -0.2) is 22.1 Å². The lowest BCUT2D eigenvalue weighted by Crippen LogP contribution is -2.33. The van der Waals surface area contributed by atoms with Gasteiger partial charge in [-0.2, -0.15) is 0 Å². The van der Waals surface area contributed by atoms with Gasteiger partial charge in [-0.1, -0.05) is 13.3 Å². The normalized spacial score (nSPS) is 24.6. The van der Waals surface area contributed by atoms with E-state index in [1.807, 2.05) is 12.4 Å². The summed E-state index contributed by atoms with van der Waals surface area (Å²) in [5.41, 5.74) is 7.10. The van der Waals surface area contributed by atoms with Gasteiger partial charge in [-0.05, 0) is 37.7 Å². The van der Waals surface area contributed by atoms with E-state index in [1.165, 1.54) is 5.56 Å². The molecular formula is C13H22N4. The van der Waals surface area contributed by atoms with E-state index in [1.54, 1.807) is 0 Å². The van der Waals surface area contributed by atoms with Gasteiger partial charge in [0.25, 0.3) is 0 Å². The Morgan fingerprint density at radius 2 is 1.88 bits per heavy atom. The van der Waals surface area contributed by atoms with Crippen LogP contribution in [0.1, 0.15) is 44.6 Å². The molecule has 1 saturated carbocycles. The second kappa shape index (κ2) is 5.96. The zero-order chi connectivity index (χ0) is 12.1. The van der Waals surface area contributed by atoms with Crippen molar-refractivity contribution in [1.29, 1.82) is 0 Å². The predicted octanol–water partition coefficient (Wildman–Crippen LogP) is 2.11. The van der Waals surface area contributed by atoms with E-state index >= 15 is 0 Å². The first-order valence-corrected chi connectivity index (χ1v) is 6.61. The lowest BCUT2D eigenvalue weighted by atomic mass is 9.92. The van der Waals surface area contributed by atoms with E-state index in [4.69, 9.17) is 5.73 Å². The van der Waals surface area contributed by atoms with Crippen LogP contribution in [0.5, 0.6) is 0 Å². The highest BCUT2D eigenvalue weighted by Crippen LogP contribution is 2.19. The molecule has 0 spiro atoms. The molecule has 0 aliphatic heterocycles. The molecule has 0 atom stereocenters. The van der Waals surface area contributed by atoms with Crippen LogP contribution in [0.15, 0.2) is 12.4 Å². The predicted molar refractivity (Wildman–Crippen MR) is 69.9 cm³/mol. The fraction of sp³-hybridized carbons (Fsp3) is 0.692. The zero-order valence-electron chi connectivity index (χ0n) is 10.5. The summed E-state index contributed by atoms with van der Waals surface area (Å²) < 4.78 is 0. The second-order valence-electron chi connectivity index (χ2n) is 4.92. The lowest BCUT2D eigenvalue weighted by molar-refractivity contribution is 0.410. The summed E-state index contributed by atoms with van der Waals surface area (Å²) in [6.45, 7) is 2.16. The third-order valence-corrected chi connectivity index (χ3v) is 3.35. The van der Waals surface area contributed by atoms with E-state index in [2.05, 4.69) is 22.2 Å². The Morgan fingerprint density at radius 3 is 2.47 bits per heavy atom. The van der Waals surface area contributed by atoms with Gasteiger partial charge in [-0.3, -0.25) is 0 Å². The van der Waals surface area contributed by atoms with Gasteiger partial charge < -0.3 is 11.1 Å². The maximum Gasteiger partial charge on any atom is 0.222 e. The molecular weight excluding hydrogens is 212 g/mol. The number of hydrogen-bond acceptors (Lipinski definition) is 4. The maximum atomic E-state index is 5.88. The van der Waals surface area contributed by atoms with Crippen molar-refractivity contribution >= 4 is 5.95 Å². The van der Waals surface area contributed by atoms with Crippen LogP contribution < -0.4 is 11.1 Å². The van der Waals surface area contributed by atoms with E-state index in [0.29, 0.717) is 12.1 Å². The summed E-state index contributed by atoms with van der Waals surface area (Å²) >= 11 is 0. The molecule has 3 N–H and O–H groups in total. The third-order valence-electron chi connectivity index (χ3n) is 3.35. The molecule has 0 saturated heterocycles. The Balaban J connectivity index is 1.86. The van der Waals surface area contributed by atoms with Crippen LogP contribution in [0.2, 0.25) is 0 Å². The van der Waals surface area contributed by atoms with E-state index < -0.39 is 0 Å². The maximum absolute atomic E-state index is 5.88. The third kappa shape index (κ3) is 3.66. The van der Waals surface area contributed by atoms with Crippen LogP contribution in [0.25, 0.3) is 0 Å². The fourth-order valence-corrected chi connectivity index (χ4v) is 2.29. The van der Waals surface area contributed by atoms with Crippen molar-refractivity contribution < 1.29 is 0 Å². The van der Waals surface area contributed by atoms with Crippen molar-refractivity contribution in [2.75, 3.05) is 5.32 Å². The number of anilines is 1. The number of aryl methyl sites for hydroxylation is 1. The Hall–Kier alpha value is -1.16. The van der Waals surface area contributed by atoms with E-state index in [-0.39, 0.29) is 0 Å². The molecule has 1 aromatic heterocycles. The van der Waals surface area contributed by atoms with Gasteiger partial charge in [0.15, 0.2) is 0 Å². The molecule has 1 heterocycles. The number of aromatic nitrogens is 2. The summed E-state index contributed by atoms with van der Waals surface area (Å²) in [5.74, 6) is 0.755. The molecule has 0 aromatic carbocycles. The van der Waals surface area contributed by atoms with Crippen molar-refractivity contribution in [3.63, 3.8) is 0 Å². The van der Waals surface area contributed by atoms with Crippen molar-refractivity contribution in [2.24, 2.45) is 5.73 Å². The highest BCUT2D eigenvalue weighted by atomic mass is 15.1. The molecule has 4 nitrogen and oxygen atoms in total. The van der Waals surface area contributed by atoms with Crippen LogP contribution in [0, 0.1) is 0 Å². The molecule has 1 aliphatic rings. The van der Waals surface area contributed by atoms with Gasteiger partial charge in [0.1, 0.15) is 0 Å². The lowest BCUT2D eigenvalue weighted by Gasteiger charge is -2.26. The van der Waals surface area contributed by atoms with Gasteiger partial charge in [0.05, 0.1) is 0 Å². The van der Waals surface area contributed by atoms with Crippen molar-refractivity contribution in [2.45, 2.75) is 57.5 Å². The second-order valence-corrected chi connectivity index (χ2v) is 4.92. The average molecular weight is 234 g/mol. The van der Waals surface area contributed by atoms with Gasteiger partial charge in [0.2, 0.25) is 5.95 Å². The van der Waals surface area contributed by atoms with E-state index in [9.17, 15) is 0 Å². The highest BCUT2D eigenvalue weighted by Gasteiger charge is 2.18. The monoisotopic (exact) mass is 234 g/mol. The zero-order valence-corrected chi connectivity index (χ0v) is 10.5. The number of rotatable bonds is 4. The first-order chi connectivity index (χ1) is 8.28. The van der Waals surface area contributed by atoms with Crippen molar-refractivity contribution in [1.82, 2.24) is 9.97 Å². The molecule has 0 unspecified atom stereocenters. The SMILES string of the molecule is CCCc1cnc(NC2CCC(N)CC2)nc1. The summed E-state index contributed by atoms with van der Waals surface area (Å²) in [5, 5.41) is 3.39. The Morgan fingerprint density at radius 1 is 1.24 bits per heavy atom. The minimum absolute atomic E-state index is 0.390. The molecule has 4 heteroatoms. The summed E-state index contributed by atoms with van der Waals surface area (Å²) in [6, 6.07) is 0.882. The number of nitrogens with two attached hydrogens (primary N) is 1. The topological polar surface area (TPSA) is 63.8 Å². The molecule has 0 radical (unpaired) electrons. The van der Waals surface area contributed by atoms with Gasteiger partial charge in [-0.25, -0.2) is 9.97 Å². The molecule has 0 amide bonds. The standard InChI is InChI=1S/C13H22N4/c1-2-3-10-8-15-13(16-9-10)17-12-6-4-11(14)5-7-12/h8-9,11-12H,2-7,14H2,1H3,(H,15,16,17). The molecule has 2 rings (SSSR count).